The first kappa shape index (κ1) is 17.5. The lowest BCUT2D eigenvalue weighted by Crippen LogP contribution is -2.18. The van der Waals surface area contributed by atoms with Crippen molar-refractivity contribution >= 4 is 5.69 Å². The van der Waals surface area contributed by atoms with Crippen LogP contribution in [0.2, 0.25) is 0 Å². The predicted octanol–water partition coefficient (Wildman–Crippen LogP) is 5.12. The molecule has 8 heteroatoms. The van der Waals surface area contributed by atoms with E-state index in [1.807, 2.05) is 0 Å². The third-order valence-corrected chi connectivity index (χ3v) is 2.60. The maximum atomic E-state index is 12.0. The lowest BCUT2D eigenvalue weighted by atomic mass is 10.1. The maximum absolute atomic E-state index is 12.0. The average molecular weight is 315 g/mol. The second-order valence-corrected chi connectivity index (χ2v) is 4.62. The van der Waals surface area contributed by atoms with Crippen molar-refractivity contribution in [3.05, 3.63) is 24.3 Å². The van der Waals surface area contributed by atoms with Crippen LogP contribution in [0.5, 0.6) is 5.75 Å². The van der Waals surface area contributed by atoms with Crippen LogP contribution in [-0.2, 0) is 0 Å². The SMILES string of the molecule is CC(CCCC(F)(F)F)Nc1ccc(OC(F)(F)F)cc1. The van der Waals surface area contributed by atoms with Gasteiger partial charge in [0.1, 0.15) is 5.75 Å². The van der Waals surface area contributed by atoms with Crippen molar-refractivity contribution in [3.8, 4) is 5.75 Å². The molecule has 0 aromatic heterocycles. The molecule has 1 rings (SSSR count). The summed E-state index contributed by atoms with van der Waals surface area (Å²) in [5.41, 5.74) is 0.518. The Morgan fingerprint density at radius 1 is 1.05 bits per heavy atom. The van der Waals surface area contributed by atoms with Crippen LogP contribution < -0.4 is 10.1 Å². The fourth-order valence-corrected chi connectivity index (χ4v) is 1.72. The van der Waals surface area contributed by atoms with Gasteiger partial charge in [0, 0.05) is 18.2 Å². The fraction of sp³-hybridized carbons (Fsp3) is 0.538. The van der Waals surface area contributed by atoms with Gasteiger partial charge >= 0.3 is 12.5 Å². The molecule has 1 atom stereocenters. The molecule has 0 radical (unpaired) electrons. The van der Waals surface area contributed by atoms with Crippen LogP contribution >= 0.6 is 0 Å². The number of halogens is 6. The number of rotatable bonds is 6. The van der Waals surface area contributed by atoms with Gasteiger partial charge in [-0.15, -0.1) is 13.2 Å². The fourth-order valence-electron chi connectivity index (χ4n) is 1.72. The highest BCUT2D eigenvalue weighted by atomic mass is 19.4. The maximum Gasteiger partial charge on any atom is 0.573 e. The van der Waals surface area contributed by atoms with Crippen LogP contribution in [0.1, 0.15) is 26.2 Å². The van der Waals surface area contributed by atoms with Crippen LogP contribution in [0.25, 0.3) is 0 Å². The van der Waals surface area contributed by atoms with Crippen molar-refractivity contribution in [2.45, 2.75) is 44.8 Å². The Morgan fingerprint density at radius 3 is 2.10 bits per heavy atom. The van der Waals surface area contributed by atoms with E-state index >= 15 is 0 Å². The molecule has 0 spiro atoms. The average Bonchev–Trinajstić information content (AvgIpc) is 2.28. The first-order valence-corrected chi connectivity index (χ1v) is 6.24. The summed E-state index contributed by atoms with van der Waals surface area (Å²) in [5.74, 6) is -0.349. The second kappa shape index (κ2) is 6.91. The smallest absolute Gasteiger partial charge is 0.406 e. The molecule has 0 fully saturated rings. The number of hydrogen-bond donors (Lipinski definition) is 1. The molecule has 0 bridgehead atoms. The number of anilines is 1. The molecule has 0 aliphatic carbocycles. The summed E-state index contributed by atoms with van der Waals surface area (Å²) in [5, 5.41) is 2.91. The van der Waals surface area contributed by atoms with Crippen molar-refractivity contribution in [1.29, 1.82) is 0 Å². The molecule has 1 aromatic rings. The third kappa shape index (κ3) is 8.31. The summed E-state index contributed by atoms with van der Waals surface area (Å²) >= 11 is 0. The summed E-state index contributed by atoms with van der Waals surface area (Å²) in [6, 6.07) is 4.81. The third-order valence-electron chi connectivity index (χ3n) is 2.60. The minimum Gasteiger partial charge on any atom is -0.406 e. The van der Waals surface area contributed by atoms with Crippen LogP contribution in [0.15, 0.2) is 24.3 Å². The first-order chi connectivity index (χ1) is 9.55. The van der Waals surface area contributed by atoms with E-state index in [1.165, 1.54) is 12.1 Å². The Bertz CT molecular complexity index is 426. The number of ether oxygens (including phenoxy) is 1. The zero-order valence-electron chi connectivity index (χ0n) is 11.2. The Balaban J connectivity index is 2.41. The van der Waals surface area contributed by atoms with Gasteiger partial charge in [0.2, 0.25) is 0 Å². The number of alkyl halides is 6. The summed E-state index contributed by atoms with van der Waals surface area (Å²) < 4.78 is 75.5. The van der Waals surface area contributed by atoms with E-state index in [1.54, 1.807) is 6.92 Å². The minimum absolute atomic E-state index is 0.00701. The van der Waals surface area contributed by atoms with Gasteiger partial charge in [0.25, 0.3) is 0 Å². The predicted molar refractivity (Wildman–Crippen MR) is 66.1 cm³/mol. The minimum atomic E-state index is -4.75. The van der Waals surface area contributed by atoms with Crippen LogP contribution in [0, 0.1) is 0 Å². The van der Waals surface area contributed by atoms with Crippen molar-refractivity contribution in [3.63, 3.8) is 0 Å². The zero-order valence-corrected chi connectivity index (χ0v) is 11.2. The molecule has 0 heterocycles. The lowest BCUT2D eigenvalue weighted by molar-refractivity contribution is -0.274. The van der Waals surface area contributed by atoms with Crippen molar-refractivity contribution in [2.75, 3.05) is 5.32 Å². The van der Waals surface area contributed by atoms with Gasteiger partial charge in [0.05, 0.1) is 0 Å². The van der Waals surface area contributed by atoms with E-state index in [9.17, 15) is 26.3 Å². The molecule has 2 nitrogen and oxygen atoms in total. The zero-order chi connectivity index (χ0) is 16.1. The molecule has 120 valence electrons. The Labute approximate surface area is 118 Å². The van der Waals surface area contributed by atoms with Crippen molar-refractivity contribution < 1.29 is 31.1 Å². The van der Waals surface area contributed by atoms with E-state index < -0.39 is 19.0 Å². The molecular formula is C13H15F6NO. The molecular weight excluding hydrogens is 300 g/mol. The highest BCUT2D eigenvalue weighted by Crippen LogP contribution is 2.25. The molecule has 0 aliphatic heterocycles. The topological polar surface area (TPSA) is 21.3 Å². The van der Waals surface area contributed by atoms with Gasteiger partial charge < -0.3 is 10.1 Å². The molecule has 0 saturated carbocycles. The highest BCUT2D eigenvalue weighted by Gasteiger charge is 2.31. The lowest BCUT2D eigenvalue weighted by Gasteiger charge is -2.16. The van der Waals surface area contributed by atoms with E-state index in [2.05, 4.69) is 10.1 Å². The Hall–Kier alpha value is -1.60. The van der Waals surface area contributed by atoms with E-state index in [0.717, 1.165) is 12.1 Å². The monoisotopic (exact) mass is 315 g/mol. The van der Waals surface area contributed by atoms with E-state index in [-0.39, 0.29) is 18.2 Å². The summed E-state index contributed by atoms with van der Waals surface area (Å²) in [6.45, 7) is 1.70. The van der Waals surface area contributed by atoms with E-state index in [0.29, 0.717) is 12.1 Å². The standard InChI is InChI=1S/C13H15F6NO/c1-9(3-2-8-12(14,15)16)20-10-4-6-11(7-5-10)21-13(17,18)19/h4-7,9,20H,2-3,8H2,1H3. The largest absolute Gasteiger partial charge is 0.573 e. The van der Waals surface area contributed by atoms with Gasteiger partial charge in [-0.05, 0) is 44.0 Å². The summed E-state index contributed by atoms with van der Waals surface area (Å²) in [7, 11) is 0. The van der Waals surface area contributed by atoms with Gasteiger partial charge in [0.15, 0.2) is 0 Å². The molecule has 1 N–H and O–H groups in total. The number of hydrogen-bond acceptors (Lipinski definition) is 2. The number of nitrogens with one attached hydrogen (secondary N) is 1. The van der Waals surface area contributed by atoms with Gasteiger partial charge in [-0.25, -0.2) is 0 Å². The van der Waals surface area contributed by atoms with Crippen LogP contribution in [0.4, 0.5) is 32.0 Å². The molecule has 0 aliphatic rings. The quantitative estimate of drug-likeness (QED) is 0.736. The van der Waals surface area contributed by atoms with Crippen molar-refractivity contribution in [1.82, 2.24) is 0 Å². The molecule has 21 heavy (non-hydrogen) atoms. The Morgan fingerprint density at radius 2 is 1.62 bits per heavy atom. The van der Waals surface area contributed by atoms with Crippen LogP contribution in [0.3, 0.4) is 0 Å². The van der Waals surface area contributed by atoms with Gasteiger partial charge in [-0.1, -0.05) is 0 Å². The Kier molecular flexibility index (Phi) is 5.74. The van der Waals surface area contributed by atoms with Gasteiger partial charge in [-0.2, -0.15) is 13.2 Å². The molecule has 1 aromatic carbocycles. The summed E-state index contributed by atoms with van der Waals surface area (Å²) in [4.78, 5) is 0. The second-order valence-electron chi connectivity index (χ2n) is 4.62. The highest BCUT2D eigenvalue weighted by molar-refractivity contribution is 5.46. The molecule has 1 unspecified atom stereocenters. The summed E-state index contributed by atoms with van der Waals surface area (Å²) in [6.07, 6.45) is -9.47. The van der Waals surface area contributed by atoms with Crippen LogP contribution in [-0.4, -0.2) is 18.6 Å². The van der Waals surface area contributed by atoms with E-state index in [4.69, 9.17) is 0 Å². The van der Waals surface area contributed by atoms with Crippen molar-refractivity contribution in [2.24, 2.45) is 0 Å². The van der Waals surface area contributed by atoms with Gasteiger partial charge in [-0.3, -0.25) is 0 Å². The number of benzene rings is 1. The molecule has 0 saturated heterocycles. The first-order valence-electron chi connectivity index (χ1n) is 6.24. The normalized spacial score (nSPS) is 13.9. The molecule has 0 amide bonds.